The molecule has 1 aliphatic heterocycles. The van der Waals surface area contributed by atoms with Crippen LogP contribution in [0.2, 0.25) is 0 Å². The maximum absolute atomic E-state index is 12.8. The third-order valence-electron chi connectivity index (χ3n) is 3.97. The van der Waals surface area contributed by atoms with Crippen LogP contribution in [0.15, 0.2) is 57.6 Å². The van der Waals surface area contributed by atoms with E-state index in [1.807, 2.05) is 37.3 Å². The molecule has 1 amide bonds. The van der Waals surface area contributed by atoms with Gasteiger partial charge in [-0.3, -0.25) is 4.79 Å². The summed E-state index contributed by atoms with van der Waals surface area (Å²) in [7, 11) is 0. The van der Waals surface area contributed by atoms with E-state index in [1.54, 1.807) is 17.0 Å². The van der Waals surface area contributed by atoms with Gasteiger partial charge in [0, 0.05) is 6.54 Å². The number of amides is 1. The van der Waals surface area contributed by atoms with Gasteiger partial charge in [0.15, 0.2) is 17.3 Å². The van der Waals surface area contributed by atoms with E-state index in [0.29, 0.717) is 30.3 Å². The minimum Gasteiger partial charge on any atom is -0.464 e. The van der Waals surface area contributed by atoms with Crippen molar-refractivity contribution in [1.29, 1.82) is 0 Å². The van der Waals surface area contributed by atoms with E-state index >= 15 is 0 Å². The molecule has 3 aromatic rings. The number of furan rings is 2. The van der Waals surface area contributed by atoms with Gasteiger partial charge in [-0.1, -0.05) is 6.07 Å². The second kappa shape index (κ2) is 6.39. The molecule has 0 unspecified atom stereocenters. The molecule has 4 rings (SSSR count). The summed E-state index contributed by atoms with van der Waals surface area (Å²) in [6.45, 7) is 2.84. The van der Waals surface area contributed by atoms with E-state index in [4.69, 9.17) is 18.3 Å². The Morgan fingerprint density at radius 1 is 1.08 bits per heavy atom. The largest absolute Gasteiger partial charge is 0.464 e. The number of hydrogen-bond acceptors (Lipinski definition) is 5. The van der Waals surface area contributed by atoms with Gasteiger partial charge in [-0.2, -0.15) is 0 Å². The van der Waals surface area contributed by atoms with Crippen LogP contribution in [-0.2, 0) is 13.1 Å². The summed E-state index contributed by atoms with van der Waals surface area (Å²) in [5.74, 6) is 3.04. The van der Waals surface area contributed by atoms with Gasteiger partial charge in [0.25, 0.3) is 5.91 Å². The number of carbonyl (C=O) groups is 1. The van der Waals surface area contributed by atoms with Gasteiger partial charge in [-0.25, -0.2) is 0 Å². The third-order valence-corrected chi connectivity index (χ3v) is 3.97. The lowest BCUT2D eigenvalue weighted by Gasteiger charge is -2.21. The Balaban J connectivity index is 1.59. The SMILES string of the molecule is Cc1ccc(CN(Cc2ccc3c(c2)OCO3)C(=O)c2ccco2)o1. The number of fused-ring (bicyclic) bond motifs is 1. The normalized spacial score (nSPS) is 12.4. The van der Waals surface area contributed by atoms with Crippen molar-refractivity contribution in [3.63, 3.8) is 0 Å². The topological polar surface area (TPSA) is 65.1 Å². The monoisotopic (exact) mass is 339 g/mol. The van der Waals surface area contributed by atoms with Gasteiger partial charge in [0.1, 0.15) is 11.5 Å². The molecule has 2 aromatic heterocycles. The van der Waals surface area contributed by atoms with Crippen molar-refractivity contribution in [2.45, 2.75) is 20.0 Å². The molecule has 128 valence electrons. The first-order valence-electron chi connectivity index (χ1n) is 7.96. The summed E-state index contributed by atoms with van der Waals surface area (Å²) in [4.78, 5) is 14.5. The smallest absolute Gasteiger partial charge is 0.290 e. The fourth-order valence-electron chi connectivity index (χ4n) is 2.77. The lowest BCUT2D eigenvalue weighted by Crippen LogP contribution is -2.29. The molecule has 6 nitrogen and oxygen atoms in total. The van der Waals surface area contributed by atoms with Crippen LogP contribution in [0, 0.1) is 6.92 Å². The first kappa shape index (κ1) is 15.4. The predicted molar refractivity (Wildman–Crippen MR) is 88.3 cm³/mol. The van der Waals surface area contributed by atoms with E-state index in [9.17, 15) is 4.79 Å². The molecule has 0 spiro atoms. The Bertz CT molecular complexity index is 881. The van der Waals surface area contributed by atoms with Crippen LogP contribution in [0.3, 0.4) is 0 Å². The average Bonchev–Trinajstić information content (AvgIpc) is 3.35. The first-order valence-corrected chi connectivity index (χ1v) is 7.96. The molecule has 0 bridgehead atoms. The number of carbonyl (C=O) groups excluding carboxylic acids is 1. The Kier molecular flexibility index (Phi) is 3.93. The lowest BCUT2D eigenvalue weighted by atomic mass is 10.1. The highest BCUT2D eigenvalue weighted by atomic mass is 16.7. The molecule has 25 heavy (non-hydrogen) atoms. The van der Waals surface area contributed by atoms with E-state index in [0.717, 1.165) is 17.1 Å². The van der Waals surface area contributed by atoms with Crippen LogP contribution in [0.4, 0.5) is 0 Å². The summed E-state index contributed by atoms with van der Waals surface area (Å²) in [6.07, 6.45) is 1.49. The Morgan fingerprint density at radius 3 is 2.72 bits per heavy atom. The van der Waals surface area contributed by atoms with Gasteiger partial charge >= 0.3 is 0 Å². The maximum Gasteiger partial charge on any atom is 0.290 e. The molecule has 0 aliphatic carbocycles. The quantitative estimate of drug-likeness (QED) is 0.708. The van der Waals surface area contributed by atoms with Crippen molar-refractivity contribution >= 4 is 5.91 Å². The van der Waals surface area contributed by atoms with Crippen LogP contribution < -0.4 is 9.47 Å². The number of hydrogen-bond donors (Lipinski definition) is 0. The molecule has 0 atom stereocenters. The van der Waals surface area contributed by atoms with Gasteiger partial charge < -0.3 is 23.2 Å². The zero-order chi connectivity index (χ0) is 17.2. The van der Waals surface area contributed by atoms with Crippen LogP contribution in [0.5, 0.6) is 11.5 Å². The molecule has 1 aliphatic rings. The molecule has 6 heteroatoms. The van der Waals surface area contributed by atoms with Crippen LogP contribution in [0.1, 0.15) is 27.6 Å². The second-order valence-electron chi connectivity index (χ2n) is 5.84. The molecule has 1 aromatic carbocycles. The van der Waals surface area contributed by atoms with E-state index < -0.39 is 0 Å². The third kappa shape index (κ3) is 3.24. The van der Waals surface area contributed by atoms with Crippen molar-refractivity contribution in [2.24, 2.45) is 0 Å². The summed E-state index contributed by atoms with van der Waals surface area (Å²) in [6, 6.07) is 12.8. The maximum atomic E-state index is 12.8. The van der Waals surface area contributed by atoms with Crippen molar-refractivity contribution in [1.82, 2.24) is 4.90 Å². The van der Waals surface area contributed by atoms with Gasteiger partial charge in [-0.05, 0) is 48.9 Å². The molecule has 0 saturated heterocycles. The molecular weight excluding hydrogens is 322 g/mol. The zero-order valence-electron chi connectivity index (χ0n) is 13.7. The summed E-state index contributed by atoms with van der Waals surface area (Å²) in [5.41, 5.74) is 0.937. The van der Waals surface area contributed by atoms with Gasteiger partial charge in [0.2, 0.25) is 6.79 Å². The molecule has 0 radical (unpaired) electrons. The molecule has 0 N–H and O–H groups in total. The molecule has 3 heterocycles. The summed E-state index contributed by atoms with van der Waals surface area (Å²) in [5, 5.41) is 0. The van der Waals surface area contributed by atoms with Crippen molar-refractivity contribution in [3.05, 3.63) is 71.6 Å². The zero-order valence-corrected chi connectivity index (χ0v) is 13.7. The molecule has 0 saturated carbocycles. The minimum absolute atomic E-state index is 0.197. The predicted octanol–water partition coefficient (Wildman–Crippen LogP) is 3.75. The highest BCUT2D eigenvalue weighted by molar-refractivity contribution is 5.91. The van der Waals surface area contributed by atoms with Crippen LogP contribution in [-0.4, -0.2) is 17.6 Å². The summed E-state index contributed by atoms with van der Waals surface area (Å²) < 4.78 is 21.6. The Labute approximate surface area is 144 Å². The van der Waals surface area contributed by atoms with Crippen molar-refractivity contribution < 1.29 is 23.1 Å². The molecular formula is C19H17NO5. The second-order valence-corrected chi connectivity index (χ2v) is 5.84. The number of nitrogens with zero attached hydrogens (tertiary/aromatic N) is 1. The van der Waals surface area contributed by atoms with Gasteiger partial charge in [-0.15, -0.1) is 0 Å². The fourth-order valence-corrected chi connectivity index (χ4v) is 2.77. The summed E-state index contributed by atoms with van der Waals surface area (Å²) >= 11 is 0. The minimum atomic E-state index is -0.197. The number of aryl methyl sites for hydroxylation is 1. The average molecular weight is 339 g/mol. The standard InChI is InChI=1S/C19H17NO5/c1-13-4-6-15(25-13)11-20(19(21)17-3-2-8-22-17)10-14-5-7-16-18(9-14)24-12-23-16/h2-9H,10-12H2,1H3. The first-order chi connectivity index (χ1) is 12.2. The number of rotatable bonds is 5. The van der Waals surface area contributed by atoms with E-state index in [1.165, 1.54) is 6.26 Å². The number of benzene rings is 1. The Hall–Kier alpha value is -3.15. The Morgan fingerprint density at radius 2 is 1.96 bits per heavy atom. The number of ether oxygens (including phenoxy) is 2. The van der Waals surface area contributed by atoms with Gasteiger partial charge in [0.05, 0.1) is 12.8 Å². The lowest BCUT2D eigenvalue weighted by molar-refractivity contribution is 0.0684. The highest BCUT2D eigenvalue weighted by Crippen LogP contribution is 2.33. The van der Waals surface area contributed by atoms with E-state index in [-0.39, 0.29) is 12.7 Å². The van der Waals surface area contributed by atoms with Crippen LogP contribution in [0.25, 0.3) is 0 Å². The van der Waals surface area contributed by atoms with Crippen LogP contribution >= 0.6 is 0 Å². The molecule has 0 fully saturated rings. The van der Waals surface area contributed by atoms with Crippen molar-refractivity contribution in [3.8, 4) is 11.5 Å². The fraction of sp³-hybridized carbons (Fsp3) is 0.211. The highest BCUT2D eigenvalue weighted by Gasteiger charge is 2.21. The van der Waals surface area contributed by atoms with E-state index in [2.05, 4.69) is 0 Å². The van der Waals surface area contributed by atoms with Crippen molar-refractivity contribution in [2.75, 3.05) is 6.79 Å².